The Kier molecular flexibility index (Phi) is 6.81. The summed E-state index contributed by atoms with van der Waals surface area (Å²) in [4.78, 5) is 29.2. The Balaban J connectivity index is 1.98. The van der Waals surface area contributed by atoms with Gasteiger partial charge in [0.05, 0.1) is 0 Å². The number of ketones is 1. The van der Waals surface area contributed by atoms with Gasteiger partial charge in [-0.3, -0.25) is 4.79 Å². The van der Waals surface area contributed by atoms with E-state index in [1.54, 1.807) is 0 Å². The molecule has 0 fully saturated rings. The van der Waals surface area contributed by atoms with Gasteiger partial charge in [-0.05, 0) is 44.0 Å². The minimum Gasteiger partial charge on any atom is -0.341 e. The number of carbonyl (C=O) groups is 2. The molecular formula is C24H28N2O3. The molecule has 0 unspecified atom stereocenters. The summed E-state index contributed by atoms with van der Waals surface area (Å²) >= 11 is 0. The molecule has 0 spiro atoms. The predicted molar refractivity (Wildman–Crippen MR) is 117 cm³/mol. The van der Waals surface area contributed by atoms with E-state index in [4.69, 9.17) is 4.84 Å². The maximum atomic E-state index is 13.1. The van der Waals surface area contributed by atoms with E-state index in [0.717, 1.165) is 54.0 Å². The number of hydrogen-bond donors (Lipinski definition) is 0. The quantitative estimate of drug-likeness (QED) is 0.150. The van der Waals surface area contributed by atoms with Crippen LogP contribution in [0.3, 0.4) is 0 Å². The second-order valence-electron chi connectivity index (χ2n) is 7.25. The average molecular weight is 392 g/mol. The number of unbranched alkanes of at least 4 members (excludes halogenated alkanes) is 3. The molecule has 5 nitrogen and oxygen atoms in total. The third-order valence-electron chi connectivity index (χ3n) is 5.16. The van der Waals surface area contributed by atoms with Crippen LogP contribution in [0.2, 0.25) is 0 Å². The Morgan fingerprint density at radius 2 is 1.72 bits per heavy atom. The first-order valence-electron chi connectivity index (χ1n) is 10.4. The molecule has 3 aromatic rings. The Bertz CT molecular complexity index is 1060. The molecule has 1 aromatic heterocycles. The summed E-state index contributed by atoms with van der Waals surface area (Å²) in [5.74, 6) is -0.705. The van der Waals surface area contributed by atoms with Gasteiger partial charge in [0.25, 0.3) is 0 Å². The number of rotatable bonds is 9. The van der Waals surface area contributed by atoms with Crippen LogP contribution in [-0.4, -0.2) is 22.0 Å². The van der Waals surface area contributed by atoms with Gasteiger partial charge in [-0.2, -0.15) is 0 Å². The fourth-order valence-corrected chi connectivity index (χ4v) is 3.74. The van der Waals surface area contributed by atoms with Gasteiger partial charge in [-0.1, -0.05) is 49.5 Å². The number of nitrogens with zero attached hydrogens (tertiary/aromatic N) is 2. The smallest absolute Gasteiger partial charge is 0.331 e. The average Bonchev–Trinajstić information content (AvgIpc) is 3.05. The number of para-hydroxylation sites is 1. The summed E-state index contributed by atoms with van der Waals surface area (Å²) in [6, 6.07) is 14.0. The lowest BCUT2D eigenvalue weighted by atomic mass is 10.00. The highest BCUT2D eigenvalue weighted by Gasteiger charge is 2.18. The molecule has 2 aromatic carbocycles. The van der Waals surface area contributed by atoms with Crippen molar-refractivity contribution < 1.29 is 14.4 Å². The van der Waals surface area contributed by atoms with Gasteiger partial charge in [0.1, 0.15) is 5.71 Å². The number of aryl methyl sites for hydroxylation is 1. The van der Waals surface area contributed by atoms with Gasteiger partial charge in [0, 0.05) is 40.8 Å². The highest BCUT2D eigenvalue weighted by atomic mass is 16.7. The molecule has 152 valence electrons. The zero-order valence-electron chi connectivity index (χ0n) is 17.4. The van der Waals surface area contributed by atoms with Gasteiger partial charge in [0.2, 0.25) is 5.78 Å². The highest BCUT2D eigenvalue weighted by molar-refractivity contribution is 6.46. The van der Waals surface area contributed by atoms with Crippen molar-refractivity contribution in [3.8, 4) is 0 Å². The number of carbonyl (C=O) groups excluding carboxylic acids is 2. The lowest BCUT2D eigenvalue weighted by molar-refractivity contribution is -0.140. The minimum atomic E-state index is -0.523. The monoisotopic (exact) mass is 392 g/mol. The summed E-state index contributed by atoms with van der Waals surface area (Å²) in [5, 5.41) is 6.05. The maximum Gasteiger partial charge on any atom is 0.331 e. The van der Waals surface area contributed by atoms with Crippen LogP contribution in [0.25, 0.3) is 21.8 Å². The largest absolute Gasteiger partial charge is 0.341 e. The van der Waals surface area contributed by atoms with Crippen molar-refractivity contribution in [1.29, 1.82) is 0 Å². The first-order chi connectivity index (χ1) is 14.1. The van der Waals surface area contributed by atoms with Crippen LogP contribution < -0.4 is 0 Å². The third kappa shape index (κ3) is 4.56. The summed E-state index contributed by atoms with van der Waals surface area (Å²) in [7, 11) is 0. The predicted octanol–water partition coefficient (Wildman–Crippen LogP) is 5.89. The molecule has 0 aliphatic heterocycles. The molecule has 0 radical (unpaired) electrons. The summed E-state index contributed by atoms with van der Waals surface area (Å²) in [6.07, 6.45) is 4.59. The van der Waals surface area contributed by atoms with E-state index in [0.29, 0.717) is 17.7 Å². The normalized spacial score (nSPS) is 11.9. The van der Waals surface area contributed by atoms with Crippen molar-refractivity contribution in [2.45, 2.75) is 59.4 Å². The molecule has 0 saturated heterocycles. The van der Waals surface area contributed by atoms with Crippen LogP contribution in [0.5, 0.6) is 0 Å². The molecule has 0 amide bonds. The lowest BCUT2D eigenvalue weighted by Gasteiger charge is -2.07. The molecule has 0 N–H and O–H groups in total. The van der Waals surface area contributed by atoms with Crippen LogP contribution >= 0.6 is 0 Å². The number of Topliss-reactive ketones (excluding diaryl/α,β-unsaturated/α-hetero) is 1. The van der Waals surface area contributed by atoms with Gasteiger partial charge >= 0.3 is 5.97 Å². The molecule has 0 bridgehead atoms. The molecule has 29 heavy (non-hydrogen) atoms. The van der Waals surface area contributed by atoms with Gasteiger partial charge < -0.3 is 9.40 Å². The second kappa shape index (κ2) is 9.50. The Morgan fingerprint density at radius 1 is 0.966 bits per heavy atom. The van der Waals surface area contributed by atoms with E-state index in [9.17, 15) is 9.59 Å². The van der Waals surface area contributed by atoms with Crippen LogP contribution in [-0.2, 0) is 16.2 Å². The van der Waals surface area contributed by atoms with Gasteiger partial charge in [-0.25, -0.2) is 4.79 Å². The van der Waals surface area contributed by atoms with Crippen LogP contribution in [0.1, 0.15) is 63.2 Å². The van der Waals surface area contributed by atoms with E-state index >= 15 is 0 Å². The second-order valence-corrected chi connectivity index (χ2v) is 7.25. The first kappa shape index (κ1) is 20.8. The van der Waals surface area contributed by atoms with E-state index in [1.165, 1.54) is 6.92 Å². The third-order valence-corrected chi connectivity index (χ3v) is 5.16. The summed E-state index contributed by atoms with van der Waals surface area (Å²) < 4.78 is 2.25. The topological polar surface area (TPSA) is 60.7 Å². The molecule has 1 heterocycles. The van der Waals surface area contributed by atoms with Crippen molar-refractivity contribution in [3.63, 3.8) is 0 Å². The zero-order valence-corrected chi connectivity index (χ0v) is 17.4. The summed E-state index contributed by atoms with van der Waals surface area (Å²) in [6.45, 7) is 6.40. The van der Waals surface area contributed by atoms with Crippen LogP contribution in [0, 0.1) is 0 Å². The molecule has 0 saturated carbocycles. The molecule has 0 aliphatic rings. The fourth-order valence-electron chi connectivity index (χ4n) is 3.74. The van der Waals surface area contributed by atoms with Crippen molar-refractivity contribution >= 4 is 39.3 Å². The highest BCUT2D eigenvalue weighted by Crippen LogP contribution is 2.30. The number of oxime groups is 1. The standard InChI is InChI=1S/C24H28N2O3/c1-4-6-7-8-12-21(25-29-17(3)27)24(28)18-14-15-23-20(16-18)19-11-9-10-13-22(19)26(23)5-2/h9-11,13-16H,4-8,12H2,1-3H3/b25-21+. The molecular weight excluding hydrogens is 364 g/mol. The Morgan fingerprint density at radius 3 is 2.45 bits per heavy atom. The van der Waals surface area contributed by atoms with E-state index in [-0.39, 0.29) is 5.78 Å². The van der Waals surface area contributed by atoms with Crippen molar-refractivity contribution in [1.82, 2.24) is 4.57 Å². The molecule has 5 heteroatoms. The van der Waals surface area contributed by atoms with Crippen molar-refractivity contribution in [2.75, 3.05) is 0 Å². The molecule has 0 atom stereocenters. The van der Waals surface area contributed by atoms with Crippen LogP contribution in [0.4, 0.5) is 0 Å². The van der Waals surface area contributed by atoms with Crippen molar-refractivity contribution in [3.05, 3.63) is 48.0 Å². The minimum absolute atomic E-state index is 0.182. The number of fused-ring (bicyclic) bond motifs is 3. The fraction of sp³-hybridized carbons (Fsp3) is 0.375. The van der Waals surface area contributed by atoms with Crippen molar-refractivity contribution in [2.24, 2.45) is 5.16 Å². The maximum absolute atomic E-state index is 13.1. The van der Waals surface area contributed by atoms with E-state index < -0.39 is 5.97 Å². The Hall–Kier alpha value is -2.95. The summed E-state index contributed by atoms with van der Waals surface area (Å²) in [5.41, 5.74) is 3.13. The molecule has 0 aliphatic carbocycles. The number of aromatic nitrogens is 1. The van der Waals surface area contributed by atoms with E-state index in [1.807, 2.05) is 30.3 Å². The SMILES string of the molecule is CCCCCC/C(=N\OC(C)=O)C(=O)c1ccc2c(c1)c1ccccc1n2CC. The zero-order chi connectivity index (χ0) is 20.8. The van der Waals surface area contributed by atoms with Gasteiger partial charge in [-0.15, -0.1) is 0 Å². The number of benzene rings is 2. The van der Waals surface area contributed by atoms with E-state index in [2.05, 4.69) is 35.7 Å². The van der Waals surface area contributed by atoms with Gasteiger partial charge in [0.15, 0.2) is 0 Å². The lowest BCUT2D eigenvalue weighted by Crippen LogP contribution is -2.16. The van der Waals surface area contributed by atoms with Crippen LogP contribution in [0.15, 0.2) is 47.6 Å². The molecule has 3 rings (SSSR count). The number of hydrogen-bond acceptors (Lipinski definition) is 4. The first-order valence-corrected chi connectivity index (χ1v) is 10.4. The Labute approximate surface area is 171 Å².